The van der Waals surface area contributed by atoms with Crippen LogP contribution in [-0.4, -0.2) is 4.98 Å². The van der Waals surface area contributed by atoms with Gasteiger partial charge in [-0.3, -0.25) is 4.98 Å². The maximum absolute atomic E-state index is 12.9. The van der Waals surface area contributed by atoms with Crippen LogP contribution < -0.4 is 5.32 Å². The van der Waals surface area contributed by atoms with Crippen LogP contribution in [0.1, 0.15) is 41.3 Å². The number of rotatable bonds is 4. The number of pyridine rings is 1. The molecule has 0 radical (unpaired) electrons. The van der Waals surface area contributed by atoms with E-state index in [1.807, 2.05) is 26.8 Å². The van der Waals surface area contributed by atoms with Gasteiger partial charge >= 0.3 is 6.18 Å². The van der Waals surface area contributed by atoms with Gasteiger partial charge in [-0.2, -0.15) is 13.2 Å². The molecule has 0 fully saturated rings. The van der Waals surface area contributed by atoms with Crippen LogP contribution in [0.3, 0.4) is 0 Å². The minimum absolute atomic E-state index is 0.00489. The van der Waals surface area contributed by atoms with Crippen molar-refractivity contribution >= 4 is 0 Å². The molecule has 0 bridgehead atoms. The quantitative estimate of drug-likeness (QED) is 0.921. The molecule has 0 saturated carbocycles. The highest BCUT2D eigenvalue weighted by molar-refractivity contribution is 5.25. The van der Waals surface area contributed by atoms with Gasteiger partial charge < -0.3 is 9.73 Å². The maximum Gasteiger partial charge on any atom is 0.418 e. The van der Waals surface area contributed by atoms with Gasteiger partial charge in [-0.15, -0.1) is 0 Å². The van der Waals surface area contributed by atoms with E-state index in [1.165, 1.54) is 12.3 Å². The van der Waals surface area contributed by atoms with Gasteiger partial charge in [0.25, 0.3) is 0 Å². The normalized spacial score (nSPS) is 13.4. The minimum atomic E-state index is -4.39. The first-order chi connectivity index (χ1) is 9.79. The van der Waals surface area contributed by atoms with Crippen LogP contribution in [0.5, 0.6) is 0 Å². The van der Waals surface area contributed by atoms with E-state index in [1.54, 1.807) is 0 Å². The van der Waals surface area contributed by atoms with Crippen LogP contribution >= 0.6 is 0 Å². The van der Waals surface area contributed by atoms with Crippen LogP contribution in [0.25, 0.3) is 0 Å². The molecule has 1 N–H and O–H groups in total. The number of nitrogens with one attached hydrogen (secondary N) is 1. The lowest BCUT2D eigenvalue weighted by molar-refractivity contribution is -0.138. The molecule has 0 aromatic carbocycles. The average molecular weight is 298 g/mol. The molecule has 2 rings (SSSR count). The molecular formula is C15H17F3N2O. The van der Waals surface area contributed by atoms with Crippen molar-refractivity contribution in [1.82, 2.24) is 10.3 Å². The average Bonchev–Trinajstić information content (AvgIpc) is 2.74. The maximum atomic E-state index is 12.9. The Hall–Kier alpha value is -1.82. The molecule has 2 aromatic heterocycles. The van der Waals surface area contributed by atoms with E-state index in [9.17, 15) is 13.2 Å². The largest absolute Gasteiger partial charge is 0.466 e. The lowest BCUT2D eigenvalue weighted by Crippen LogP contribution is -2.22. The van der Waals surface area contributed by atoms with Crippen molar-refractivity contribution in [3.05, 3.63) is 52.7 Å². The van der Waals surface area contributed by atoms with Crippen molar-refractivity contribution in [3.8, 4) is 0 Å². The van der Waals surface area contributed by atoms with Gasteiger partial charge in [0.05, 0.1) is 11.3 Å². The molecule has 0 aliphatic heterocycles. The first-order valence-electron chi connectivity index (χ1n) is 6.60. The molecular weight excluding hydrogens is 281 g/mol. The molecule has 0 aliphatic rings. The Kier molecular flexibility index (Phi) is 4.37. The third-order valence-corrected chi connectivity index (χ3v) is 3.32. The fourth-order valence-electron chi connectivity index (χ4n) is 2.28. The molecule has 0 amide bonds. The van der Waals surface area contributed by atoms with E-state index in [2.05, 4.69) is 10.3 Å². The van der Waals surface area contributed by atoms with Crippen LogP contribution in [-0.2, 0) is 12.7 Å². The molecule has 2 heterocycles. The van der Waals surface area contributed by atoms with Gasteiger partial charge in [0.2, 0.25) is 0 Å². The first-order valence-corrected chi connectivity index (χ1v) is 6.60. The third kappa shape index (κ3) is 3.64. The zero-order valence-corrected chi connectivity index (χ0v) is 12.1. The number of hydrogen-bond acceptors (Lipinski definition) is 3. The lowest BCUT2D eigenvalue weighted by Gasteiger charge is -2.16. The van der Waals surface area contributed by atoms with Crippen molar-refractivity contribution in [2.75, 3.05) is 0 Å². The standard InChI is InChI=1S/C15H17F3N2O/c1-9-7-12(11(3)21-9)10(2)20-8-14-13(15(16,17)18)5-4-6-19-14/h4-7,10,20H,8H2,1-3H3/t10-/m1/s1. The van der Waals surface area contributed by atoms with Gasteiger partial charge in [0.1, 0.15) is 11.5 Å². The number of furan rings is 1. The zero-order valence-electron chi connectivity index (χ0n) is 12.1. The molecule has 0 unspecified atom stereocenters. The van der Waals surface area contributed by atoms with E-state index >= 15 is 0 Å². The molecule has 0 spiro atoms. The summed E-state index contributed by atoms with van der Waals surface area (Å²) in [5.41, 5.74) is 0.233. The first kappa shape index (κ1) is 15.6. The smallest absolute Gasteiger partial charge is 0.418 e. The number of aromatic nitrogens is 1. The van der Waals surface area contributed by atoms with Crippen molar-refractivity contribution in [3.63, 3.8) is 0 Å². The van der Waals surface area contributed by atoms with Crippen molar-refractivity contribution < 1.29 is 17.6 Å². The third-order valence-electron chi connectivity index (χ3n) is 3.32. The summed E-state index contributed by atoms with van der Waals surface area (Å²) in [5.74, 6) is 1.55. The van der Waals surface area contributed by atoms with Crippen LogP contribution in [0.2, 0.25) is 0 Å². The Bertz CT molecular complexity index is 620. The fourth-order valence-corrected chi connectivity index (χ4v) is 2.28. The SMILES string of the molecule is Cc1cc([C@@H](C)NCc2ncccc2C(F)(F)F)c(C)o1. The van der Waals surface area contributed by atoms with E-state index in [0.29, 0.717) is 0 Å². The van der Waals surface area contributed by atoms with Gasteiger partial charge in [0, 0.05) is 24.3 Å². The highest BCUT2D eigenvalue weighted by atomic mass is 19.4. The Morgan fingerprint density at radius 1 is 1.33 bits per heavy atom. The highest BCUT2D eigenvalue weighted by Crippen LogP contribution is 2.31. The highest BCUT2D eigenvalue weighted by Gasteiger charge is 2.33. The Balaban J connectivity index is 2.12. The van der Waals surface area contributed by atoms with Crippen LogP contribution in [0.4, 0.5) is 13.2 Å². The van der Waals surface area contributed by atoms with E-state index in [4.69, 9.17) is 4.42 Å². The summed E-state index contributed by atoms with van der Waals surface area (Å²) in [4.78, 5) is 3.83. The number of halogens is 3. The number of hydrogen-bond donors (Lipinski definition) is 1. The second kappa shape index (κ2) is 5.89. The molecule has 21 heavy (non-hydrogen) atoms. The predicted octanol–water partition coefficient (Wildman–Crippen LogP) is 4.16. The molecule has 2 aromatic rings. The number of nitrogens with zero attached hydrogens (tertiary/aromatic N) is 1. The van der Waals surface area contributed by atoms with E-state index < -0.39 is 11.7 Å². The topological polar surface area (TPSA) is 38.1 Å². The summed E-state index contributed by atoms with van der Waals surface area (Å²) in [5, 5.41) is 3.06. The van der Waals surface area contributed by atoms with Gasteiger partial charge in [-0.05, 0) is 39.0 Å². The summed E-state index contributed by atoms with van der Waals surface area (Å²) >= 11 is 0. The van der Waals surface area contributed by atoms with Crippen molar-refractivity contribution in [2.45, 2.75) is 39.5 Å². The summed E-state index contributed by atoms with van der Waals surface area (Å²) in [6.45, 7) is 5.60. The molecule has 0 aliphatic carbocycles. The number of alkyl halides is 3. The zero-order chi connectivity index (χ0) is 15.6. The molecule has 6 heteroatoms. The van der Waals surface area contributed by atoms with E-state index in [0.717, 1.165) is 23.2 Å². The summed E-state index contributed by atoms with van der Waals surface area (Å²) in [6.07, 6.45) is -3.03. The van der Waals surface area contributed by atoms with Crippen LogP contribution in [0, 0.1) is 13.8 Å². The lowest BCUT2D eigenvalue weighted by atomic mass is 10.1. The minimum Gasteiger partial charge on any atom is -0.466 e. The monoisotopic (exact) mass is 298 g/mol. The van der Waals surface area contributed by atoms with Gasteiger partial charge in [-0.1, -0.05) is 0 Å². The Morgan fingerprint density at radius 2 is 2.05 bits per heavy atom. The van der Waals surface area contributed by atoms with Crippen LogP contribution in [0.15, 0.2) is 28.8 Å². The van der Waals surface area contributed by atoms with Gasteiger partial charge in [0.15, 0.2) is 0 Å². The Labute approximate surface area is 121 Å². The second-order valence-corrected chi connectivity index (χ2v) is 4.97. The van der Waals surface area contributed by atoms with Gasteiger partial charge in [-0.25, -0.2) is 0 Å². The molecule has 1 atom stereocenters. The second-order valence-electron chi connectivity index (χ2n) is 4.97. The van der Waals surface area contributed by atoms with Crippen molar-refractivity contribution in [2.24, 2.45) is 0 Å². The fraction of sp³-hybridized carbons (Fsp3) is 0.400. The molecule has 0 saturated heterocycles. The van der Waals surface area contributed by atoms with E-state index in [-0.39, 0.29) is 18.3 Å². The number of aryl methyl sites for hydroxylation is 2. The molecule has 3 nitrogen and oxygen atoms in total. The molecule has 114 valence electrons. The summed E-state index contributed by atoms with van der Waals surface area (Å²) < 4.78 is 44.1. The summed E-state index contributed by atoms with van der Waals surface area (Å²) in [6, 6.07) is 4.10. The predicted molar refractivity (Wildman–Crippen MR) is 72.7 cm³/mol. The summed E-state index contributed by atoms with van der Waals surface area (Å²) in [7, 11) is 0. The Morgan fingerprint density at radius 3 is 2.62 bits per heavy atom. The van der Waals surface area contributed by atoms with Crippen molar-refractivity contribution in [1.29, 1.82) is 0 Å².